The lowest BCUT2D eigenvalue weighted by molar-refractivity contribution is 0.391. The Hall–Kier alpha value is -1.21. The number of thiocarbonyl (C=S) groups is 1. The van der Waals surface area contributed by atoms with E-state index in [1.54, 1.807) is 11.1 Å². The van der Waals surface area contributed by atoms with Crippen LogP contribution in [0.5, 0.6) is 0 Å². The largest absolute Gasteiger partial charge is 0.0846 e. The van der Waals surface area contributed by atoms with Crippen LogP contribution in [-0.2, 0) is 0 Å². The molecule has 0 aromatic rings. The van der Waals surface area contributed by atoms with Crippen molar-refractivity contribution in [1.82, 2.24) is 0 Å². The Bertz CT molecular complexity index is 554. The second-order valence-corrected chi connectivity index (χ2v) is 5.75. The number of fused-ring (bicyclic) bond motifs is 5. The third kappa shape index (κ3) is 1.21. The summed E-state index contributed by atoms with van der Waals surface area (Å²) in [6, 6.07) is 0. The van der Waals surface area contributed by atoms with Crippen LogP contribution in [0, 0.1) is 17.8 Å². The molecule has 1 fully saturated rings. The van der Waals surface area contributed by atoms with Gasteiger partial charge in [-0.05, 0) is 29.9 Å². The molecule has 0 saturated heterocycles. The van der Waals surface area contributed by atoms with E-state index in [2.05, 4.69) is 42.5 Å². The first-order valence-electron chi connectivity index (χ1n) is 6.35. The monoisotopic (exact) mass is 238 g/mol. The van der Waals surface area contributed by atoms with Crippen molar-refractivity contribution in [2.75, 3.05) is 0 Å². The first-order valence-corrected chi connectivity index (χ1v) is 6.76. The topological polar surface area (TPSA) is 0 Å². The minimum absolute atomic E-state index is 0.591. The molecule has 84 valence electrons. The van der Waals surface area contributed by atoms with Gasteiger partial charge >= 0.3 is 0 Å². The van der Waals surface area contributed by atoms with Gasteiger partial charge in [0, 0.05) is 16.7 Å². The zero-order valence-corrected chi connectivity index (χ0v) is 10.4. The minimum Gasteiger partial charge on any atom is -0.0846 e. The molecule has 0 aliphatic heterocycles. The third-order valence-electron chi connectivity index (χ3n) is 4.49. The van der Waals surface area contributed by atoms with Gasteiger partial charge in [0.15, 0.2) is 0 Å². The highest BCUT2D eigenvalue weighted by Crippen LogP contribution is 2.55. The van der Waals surface area contributed by atoms with Gasteiger partial charge in [-0.3, -0.25) is 0 Å². The van der Waals surface area contributed by atoms with E-state index in [0.717, 1.165) is 12.8 Å². The second kappa shape index (κ2) is 3.39. The van der Waals surface area contributed by atoms with Crippen molar-refractivity contribution in [3.63, 3.8) is 0 Å². The zero-order valence-electron chi connectivity index (χ0n) is 9.60. The molecule has 0 spiro atoms. The van der Waals surface area contributed by atoms with E-state index < -0.39 is 0 Å². The molecule has 1 saturated carbocycles. The summed E-state index contributed by atoms with van der Waals surface area (Å²) in [6.07, 6.45) is 17.9. The van der Waals surface area contributed by atoms with E-state index in [1.165, 1.54) is 10.4 Å². The molecule has 4 rings (SSSR count). The molecule has 0 nitrogen and oxygen atoms in total. The van der Waals surface area contributed by atoms with Crippen molar-refractivity contribution in [2.24, 2.45) is 17.8 Å². The molecule has 0 N–H and O–H groups in total. The molecular weight excluding hydrogens is 224 g/mol. The zero-order chi connectivity index (χ0) is 11.4. The average molecular weight is 238 g/mol. The maximum absolute atomic E-state index is 5.59. The lowest BCUT2D eigenvalue weighted by Crippen LogP contribution is -2.41. The summed E-state index contributed by atoms with van der Waals surface area (Å²) in [7, 11) is 0. The Morgan fingerprint density at radius 2 is 2.12 bits per heavy atom. The van der Waals surface area contributed by atoms with Crippen molar-refractivity contribution >= 4 is 17.1 Å². The highest BCUT2D eigenvalue weighted by Gasteiger charge is 2.46. The van der Waals surface area contributed by atoms with E-state index >= 15 is 0 Å². The maximum atomic E-state index is 5.59. The maximum Gasteiger partial charge on any atom is 0.0196 e. The SMILES string of the molecule is S=C1CC2C(=C3C=CC=CC32)C2CC=CC=C12. The van der Waals surface area contributed by atoms with Gasteiger partial charge in [-0.15, -0.1) is 0 Å². The molecule has 0 radical (unpaired) electrons. The third-order valence-corrected chi connectivity index (χ3v) is 4.89. The van der Waals surface area contributed by atoms with Crippen LogP contribution in [0.3, 0.4) is 0 Å². The summed E-state index contributed by atoms with van der Waals surface area (Å²) in [6.45, 7) is 0. The Balaban J connectivity index is 1.85. The predicted molar refractivity (Wildman–Crippen MR) is 74.8 cm³/mol. The van der Waals surface area contributed by atoms with Crippen molar-refractivity contribution in [3.8, 4) is 0 Å². The summed E-state index contributed by atoms with van der Waals surface area (Å²) < 4.78 is 0. The summed E-state index contributed by atoms with van der Waals surface area (Å²) >= 11 is 5.59. The standard InChI is InChI=1S/C16H14S/c17-15-9-14-10-5-1-3-7-12(10)16(14)13-8-4-2-6-11(13)15/h1-7,10,13-14H,8-9H2. The molecular formula is C16H14S. The van der Waals surface area contributed by atoms with Gasteiger partial charge in [0.05, 0.1) is 0 Å². The summed E-state index contributed by atoms with van der Waals surface area (Å²) in [5, 5.41) is 0. The van der Waals surface area contributed by atoms with Crippen LogP contribution in [0.4, 0.5) is 0 Å². The van der Waals surface area contributed by atoms with Crippen LogP contribution in [0.1, 0.15) is 12.8 Å². The molecule has 0 heterocycles. The summed E-state index contributed by atoms with van der Waals surface area (Å²) in [5.41, 5.74) is 4.67. The number of hydrogen-bond donors (Lipinski definition) is 0. The van der Waals surface area contributed by atoms with Gasteiger partial charge in [-0.2, -0.15) is 0 Å². The molecule has 3 unspecified atom stereocenters. The average Bonchev–Trinajstić information content (AvgIpc) is 2.36. The number of allylic oxidation sites excluding steroid dienone is 10. The molecule has 4 aliphatic rings. The fourth-order valence-corrected chi connectivity index (χ4v) is 4.12. The molecule has 3 atom stereocenters. The predicted octanol–water partition coefficient (Wildman–Crippen LogP) is 3.93. The lowest BCUT2D eigenvalue weighted by Gasteiger charge is -2.49. The minimum atomic E-state index is 0.591. The fraction of sp³-hybridized carbons (Fsp3) is 0.312. The molecule has 17 heavy (non-hydrogen) atoms. The Labute approximate surface area is 107 Å². The molecule has 1 heteroatoms. The summed E-state index contributed by atoms with van der Waals surface area (Å²) in [5.74, 6) is 1.95. The van der Waals surface area contributed by atoms with Crippen LogP contribution in [0.15, 0.2) is 59.3 Å². The number of hydrogen-bond acceptors (Lipinski definition) is 1. The van der Waals surface area contributed by atoms with Gasteiger partial charge in [-0.25, -0.2) is 0 Å². The number of rotatable bonds is 0. The van der Waals surface area contributed by atoms with Gasteiger partial charge in [-0.1, -0.05) is 60.3 Å². The molecule has 0 aromatic carbocycles. The van der Waals surface area contributed by atoms with Gasteiger partial charge in [0.2, 0.25) is 0 Å². The van der Waals surface area contributed by atoms with Crippen LogP contribution < -0.4 is 0 Å². The van der Waals surface area contributed by atoms with E-state index in [0.29, 0.717) is 17.8 Å². The Morgan fingerprint density at radius 1 is 1.18 bits per heavy atom. The van der Waals surface area contributed by atoms with Crippen LogP contribution >= 0.6 is 12.2 Å². The normalized spacial score (nSPS) is 37.1. The fourth-order valence-electron chi connectivity index (χ4n) is 3.73. The van der Waals surface area contributed by atoms with Crippen LogP contribution in [0.25, 0.3) is 0 Å². The van der Waals surface area contributed by atoms with Crippen molar-refractivity contribution in [1.29, 1.82) is 0 Å². The van der Waals surface area contributed by atoms with Crippen molar-refractivity contribution in [2.45, 2.75) is 12.8 Å². The van der Waals surface area contributed by atoms with Gasteiger partial charge in [0.1, 0.15) is 0 Å². The quantitative estimate of drug-likeness (QED) is 0.576. The first-order chi connectivity index (χ1) is 8.36. The smallest absolute Gasteiger partial charge is 0.0196 e. The molecule has 0 bridgehead atoms. The second-order valence-electron chi connectivity index (χ2n) is 5.25. The Morgan fingerprint density at radius 3 is 3.06 bits per heavy atom. The van der Waals surface area contributed by atoms with Gasteiger partial charge < -0.3 is 0 Å². The van der Waals surface area contributed by atoms with E-state index in [1.807, 2.05) is 0 Å². The molecule has 0 amide bonds. The van der Waals surface area contributed by atoms with Crippen LogP contribution in [0.2, 0.25) is 0 Å². The lowest BCUT2D eigenvalue weighted by atomic mass is 9.55. The highest BCUT2D eigenvalue weighted by atomic mass is 32.1. The van der Waals surface area contributed by atoms with E-state index in [9.17, 15) is 0 Å². The van der Waals surface area contributed by atoms with Gasteiger partial charge in [0.25, 0.3) is 0 Å². The van der Waals surface area contributed by atoms with E-state index in [-0.39, 0.29) is 0 Å². The van der Waals surface area contributed by atoms with Crippen molar-refractivity contribution in [3.05, 3.63) is 59.3 Å². The molecule has 4 aliphatic carbocycles. The highest BCUT2D eigenvalue weighted by molar-refractivity contribution is 7.80. The van der Waals surface area contributed by atoms with Crippen LogP contribution in [-0.4, -0.2) is 4.86 Å². The summed E-state index contributed by atoms with van der Waals surface area (Å²) in [4.78, 5) is 1.20. The Kier molecular flexibility index (Phi) is 1.95. The molecule has 0 aromatic heterocycles. The first kappa shape index (κ1) is 9.78. The van der Waals surface area contributed by atoms with E-state index in [4.69, 9.17) is 12.2 Å². The van der Waals surface area contributed by atoms with Crippen molar-refractivity contribution < 1.29 is 0 Å².